The molecule has 3 N–H and O–H groups in total. The molecule has 0 aliphatic heterocycles. The fraction of sp³-hybridized carbons (Fsp3) is 0.833. The van der Waals surface area contributed by atoms with Gasteiger partial charge in [0.1, 0.15) is 6.04 Å². The van der Waals surface area contributed by atoms with Crippen LogP contribution in [0.1, 0.15) is 23.0 Å². The quantitative estimate of drug-likeness (QED) is 0.587. The molecule has 0 rings (SSSR count). The minimum absolute atomic E-state index is 0.395. The van der Waals surface area contributed by atoms with E-state index < -0.39 is 24.3 Å². The Balaban J connectivity index is 4.41. The van der Waals surface area contributed by atoms with E-state index in [9.17, 15) is 4.79 Å². The molecule has 3 nitrogen and oxygen atoms in total. The lowest BCUT2D eigenvalue weighted by atomic mass is 10.1. The Labute approximate surface area is 57.7 Å². The van der Waals surface area contributed by atoms with Crippen molar-refractivity contribution >= 4 is 5.97 Å². The molecule has 0 aliphatic carbocycles. The van der Waals surface area contributed by atoms with Gasteiger partial charge in [-0.05, 0) is 12.3 Å². The number of carboxylic acid groups (broad SMARTS) is 1. The lowest BCUT2D eigenvalue weighted by Gasteiger charge is -2.07. The van der Waals surface area contributed by atoms with Gasteiger partial charge in [-0.3, -0.25) is 4.79 Å². The Morgan fingerprint density at radius 2 is 2.33 bits per heavy atom. The monoisotopic (exact) mass is 133 g/mol. The summed E-state index contributed by atoms with van der Waals surface area (Å²) >= 11 is 0. The van der Waals surface area contributed by atoms with Gasteiger partial charge in [-0.15, -0.1) is 0 Å². The van der Waals surface area contributed by atoms with Crippen LogP contribution in [0.25, 0.3) is 0 Å². The number of hydrogen-bond donors (Lipinski definition) is 2. The van der Waals surface area contributed by atoms with E-state index >= 15 is 0 Å². The van der Waals surface area contributed by atoms with E-state index in [-0.39, 0.29) is 0 Å². The van der Waals surface area contributed by atoms with Gasteiger partial charge in [-0.1, -0.05) is 13.8 Å². The van der Waals surface area contributed by atoms with Crippen molar-refractivity contribution < 1.29 is 12.6 Å². The second-order valence-electron chi connectivity index (χ2n) is 2.14. The van der Waals surface area contributed by atoms with Gasteiger partial charge in [-0.25, -0.2) is 0 Å². The molecule has 0 saturated heterocycles. The third-order valence-corrected chi connectivity index (χ3v) is 0.779. The first kappa shape index (κ1) is 5.23. The molecule has 0 aromatic carbocycles. The third-order valence-electron chi connectivity index (χ3n) is 0.779. The molecule has 0 unspecified atom stereocenters. The van der Waals surface area contributed by atoms with E-state index in [4.69, 9.17) is 13.6 Å². The number of rotatable bonds is 3. The van der Waals surface area contributed by atoms with E-state index in [2.05, 4.69) is 0 Å². The zero-order chi connectivity index (χ0) is 9.23. The Bertz CT molecular complexity index is 159. The van der Waals surface area contributed by atoms with Crippen LogP contribution in [0.5, 0.6) is 0 Å². The Morgan fingerprint density at radius 1 is 1.89 bits per heavy atom. The smallest absolute Gasteiger partial charge is 0.320 e. The van der Waals surface area contributed by atoms with Gasteiger partial charge in [0, 0.05) is 2.74 Å². The van der Waals surface area contributed by atoms with E-state index in [1.807, 2.05) is 0 Å². The fourth-order valence-corrected chi connectivity index (χ4v) is 0.430. The first-order chi connectivity index (χ1) is 4.80. The molecule has 0 saturated carbocycles. The zero-order valence-corrected chi connectivity index (χ0v) is 5.59. The van der Waals surface area contributed by atoms with Crippen LogP contribution in [-0.2, 0) is 4.79 Å². The molecule has 54 valence electrons. The number of carboxylic acids is 1. The van der Waals surface area contributed by atoms with Crippen LogP contribution >= 0.6 is 0 Å². The van der Waals surface area contributed by atoms with E-state index in [0.29, 0.717) is 0 Å². The SMILES string of the molecule is [2H]C([2H])(C(C)C)[C@H](N)C(=O)O. The molecule has 0 aromatic rings. The normalized spacial score (nSPS) is 18.7. The maximum Gasteiger partial charge on any atom is 0.320 e. The number of hydrogen-bond acceptors (Lipinski definition) is 2. The van der Waals surface area contributed by atoms with Gasteiger partial charge in [-0.2, -0.15) is 0 Å². The summed E-state index contributed by atoms with van der Waals surface area (Å²) in [5.74, 6) is -1.70. The summed E-state index contributed by atoms with van der Waals surface area (Å²) in [4.78, 5) is 10.3. The van der Waals surface area contributed by atoms with Crippen molar-refractivity contribution in [3.8, 4) is 0 Å². The molecule has 3 heteroatoms. The minimum atomic E-state index is -1.84. The summed E-state index contributed by atoms with van der Waals surface area (Å²) in [6, 6.07) is -1.44. The lowest BCUT2D eigenvalue weighted by molar-refractivity contribution is -0.138. The average molecular weight is 133 g/mol. The van der Waals surface area contributed by atoms with Crippen molar-refractivity contribution in [3.05, 3.63) is 0 Å². The second-order valence-corrected chi connectivity index (χ2v) is 2.14. The van der Waals surface area contributed by atoms with Crippen LogP contribution in [0.15, 0.2) is 0 Å². The standard InChI is InChI=1S/C6H13NO2/c1-4(2)3-5(7)6(8)9/h4-5H,3,7H2,1-2H3,(H,8,9)/t5-/m0/s1/i3D2. The summed E-state index contributed by atoms with van der Waals surface area (Å²) in [7, 11) is 0. The number of aliphatic carboxylic acids is 1. The van der Waals surface area contributed by atoms with Gasteiger partial charge in [0.25, 0.3) is 0 Å². The maximum atomic E-state index is 10.3. The van der Waals surface area contributed by atoms with Crippen LogP contribution < -0.4 is 5.73 Å². The highest BCUT2D eigenvalue weighted by Crippen LogP contribution is 2.01. The summed E-state index contributed by atoms with van der Waals surface area (Å²) in [5, 5.41) is 8.40. The summed E-state index contributed by atoms with van der Waals surface area (Å²) in [6.07, 6.45) is -1.84. The van der Waals surface area contributed by atoms with Gasteiger partial charge < -0.3 is 10.8 Å². The molecular weight excluding hydrogens is 118 g/mol. The lowest BCUT2D eigenvalue weighted by Crippen LogP contribution is -2.31. The number of carbonyl (C=O) groups is 1. The van der Waals surface area contributed by atoms with Gasteiger partial charge in [0.05, 0.1) is 0 Å². The highest BCUT2D eigenvalue weighted by molar-refractivity contribution is 5.72. The summed E-state index contributed by atoms with van der Waals surface area (Å²) in [6.45, 7) is 3.20. The molecule has 0 aliphatic rings. The minimum Gasteiger partial charge on any atom is -0.480 e. The van der Waals surface area contributed by atoms with Crippen molar-refractivity contribution in [1.29, 1.82) is 0 Å². The largest absolute Gasteiger partial charge is 0.480 e. The van der Waals surface area contributed by atoms with Crippen molar-refractivity contribution in [1.82, 2.24) is 0 Å². The van der Waals surface area contributed by atoms with Crippen LogP contribution in [0, 0.1) is 5.92 Å². The third kappa shape index (κ3) is 3.97. The fourth-order valence-electron chi connectivity index (χ4n) is 0.430. The topological polar surface area (TPSA) is 63.3 Å². The van der Waals surface area contributed by atoms with E-state index in [0.717, 1.165) is 0 Å². The van der Waals surface area contributed by atoms with E-state index in [1.165, 1.54) is 0 Å². The summed E-state index contributed by atoms with van der Waals surface area (Å²) in [5.41, 5.74) is 5.12. The molecule has 1 atom stereocenters. The average Bonchev–Trinajstić information content (AvgIpc) is 1.85. The molecule has 0 aromatic heterocycles. The maximum absolute atomic E-state index is 10.3. The summed E-state index contributed by atoms with van der Waals surface area (Å²) < 4.78 is 14.6. The van der Waals surface area contributed by atoms with Crippen molar-refractivity contribution in [2.24, 2.45) is 11.7 Å². The first-order valence-electron chi connectivity index (χ1n) is 3.78. The van der Waals surface area contributed by atoms with Crippen LogP contribution in [0.3, 0.4) is 0 Å². The molecule has 0 heterocycles. The molecule has 0 fully saturated rings. The molecule has 9 heavy (non-hydrogen) atoms. The second kappa shape index (κ2) is 3.45. The Hall–Kier alpha value is -0.570. The highest BCUT2D eigenvalue weighted by atomic mass is 16.4. The predicted molar refractivity (Wildman–Crippen MR) is 35.1 cm³/mol. The van der Waals surface area contributed by atoms with Crippen molar-refractivity contribution in [3.63, 3.8) is 0 Å². The molecule has 0 spiro atoms. The Morgan fingerprint density at radius 3 is 2.44 bits per heavy atom. The van der Waals surface area contributed by atoms with Crippen molar-refractivity contribution in [2.45, 2.75) is 26.3 Å². The molecule has 0 amide bonds. The Kier molecular flexibility index (Phi) is 2.01. The van der Waals surface area contributed by atoms with Gasteiger partial charge >= 0.3 is 5.97 Å². The van der Waals surface area contributed by atoms with Crippen LogP contribution in [-0.4, -0.2) is 17.1 Å². The van der Waals surface area contributed by atoms with E-state index in [1.54, 1.807) is 13.8 Å². The molecular formula is C6H13NO2. The molecule has 0 radical (unpaired) electrons. The molecule has 0 bridgehead atoms. The van der Waals surface area contributed by atoms with Crippen LogP contribution in [0.4, 0.5) is 0 Å². The number of nitrogens with two attached hydrogens (primary N) is 1. The first-order valence-corrected chi connectivity index (χ1v) is 2.78. The predicted octanol–water partition coefficient (Wildman–Crippen LogP) is 0.444. The van der Waals surface area contributed by atoms with Gasteiger partial charge in [0.2, 0.25) is 0 Å². The highest BCUT2D eigenvalue weighted by Gasteiger charge is 2.11. The van der Waals surface area contributed by atoms with Crippen molar-refractivity contribution in [2.75, 3.05) is 0 Å². The van der Waals surface area contributed by atoms with Gasteiger partial charge in [0.15, 0.2) is 0 Å². The zero-order valence-electron chi connectivity index (χ0n) is 7.59. The van der Waals surface area contributed by atoms with Crippen LogP contribution in [0.2, 0.25) is 0 Å².